The van der Waals surface area contributed by atoms with E-state index in [2.05, 4.69) is 5.10 Å². The van der Waals surface area contributed by atoms with Crippen LogP contribution >= 0.6 is 0 Å². The number of likely N-dealkylation sites (tertiary alicyclic amines) is 1. The summed E-state index contributed by atoms with van der Waals surface area (Å²) in [6.07, 6.45) is -0.587. The molecule has 1 atom stereocenters. The zero-order valence-electron chi connectivity index (χ0n) is 14.5. The highest BCUT2D eigenvalue weighted by Crippen LogP contribution is 2.35. The standard InChI is InChI=1S/C18H22F3N3O2/c1-13(25)23-10-7-17(26,8-11-23)12-16-6-9-22-24(16)15-4-2-14(3-5-15)18(19,20)21/h2-5,9,16,26H,6-8,10-12H2,1H3. The number of carbonyl (C=O) groups excluding carboxylic acids is 1. The van der Waals surface area contributed by atoms with Crippen molar-refractivity contribution in [2.24, 2.45) is 5.10 Å². The zero-order valence-corrected chi connectivity index (χ0v) is 14.5. The first kappa shape index (κ1) is 18.7. The van der Waals surface area contributed by atoms with Crippen LogP contribution in [0.4, 0.5) is 18.9 Å². The summed E-state index contributed by atoms with van der Waals surface area (Å²) in [5.41, 5.74) is -1.02. The molecule has 8 heteroatoms. The first-order chi connectivity index (χ1) is 12.2. The van der Waals surface area contributed by atoms with Crippen LogP contribution in [0.2, 0.25) is 0 Å². The van der Waals surface area contributed by atoms with Gasteiger partial charge in [0, 0.05) is 32.6 Å². The molecular formula is C18H22F3N3O2. The lowest BCUT2D eigenvalue weighted by atomic mass is 9.84. The molecule has 1 fully saturated rings. The highest BCUT2D eigenvalue weighted by atomic mass is 19.4. The molecule has 0 saturated carbocycles. The maximum absolute atomic E-state index is 12.7. The Hall–Kier alpha value is -2.09. The summed E-state index contributed by atoms with van der Waals surface area (Å²) >= 11 is 0. The van der Waals surface area contributed by atoms with Crippen LogP contribution in [0.1, 0.15) is 38.2 Å². The van der Waals surface area contributed by atoms with Gasteiger partial charge in [0.05, 0.1) is 22.9 Å². The molecule has 26 heavy (non-hydrogen) atoms. The van der Waals surface area contributed by atoms with E-state index >= 15 is 0 Å². The number of piperidine rings is 1. The Morgan fingerprint density at radius 3 is 2.42 bits per heavy atom. The maximum Gasteiger partial charge on any atom is 0.416 e. The van der Waals surface area contributed by atoms with E-state index in [1.807, 2.05) is 0 Å². The van der Waals surface area contributed by atoms with Gasteiger partial charge in [-0.05, 0) is 43.5 Å². The summed E-state index contributed by atoms with van der Waals surface area (Å²) in [5.74, 6) is 0.00244. The van der Waals surface area contributed by atoms with Crippen molar-refractivity contribution in [2.75, 3.05) is 18.1 Å². The Bertz CT molecular complexity index is 680. The fourth-order valence-corrected chi connectivity index (χ4v) is 3.58. The number of nitrogens with zero attached hydrogens (tertiary/aromatic N) is 3. The molecule has 1 aromatic carbocycles. The number of aliphatic hydroxyl groups is 1. The molecular weight excluding hydrogens is 347 g/mol. The number of carbonyl (C=O) groups is 1. The number of alkyl halides is 3. The van der Waals surface area contributed by atoms with Crippen LogP contribution in [0.15, 0.2) is 29.4 Å². The molecule has 1 N–H and O–H groups in total. The Kier molecular flexibility index (Phi) is 4.96. The van der Waals surface area contributed by atoms with Crippen LogP contribution in [0.3, 0.4) is 0 Å². The van der Waals surface area contributed by atoms with Gasteiger partial charge in [-0.2, -0.15) is 18.3 Å². The third-order valence-electron chi connectivity index (χ3n) is 5.14. The van der Waals surface area contributed by atoms with Crippen LogP contribution in [-0.2, 0) is 11.0 Å². The number of anilines is 1. The number of benzene rings is 1. The van der Waals surface area contributed by atoms with Gasteiger partial charge < -0.3 is 10.0 Å². The predicted molar refractivity (Wildman–Crippen MR) is 91.9 cm³/mol. The van der Waals surface area contributed by atoms with Crippen LogP contribution in [0, 0.1) is 0 Å². The third kappa shape index (κ3) is 4.00. The van der Waals surface area contributed by atoms with Gasteiger partial charge in [-0.15, -0.1) is 0 Å². The van der Waals surface area contributed by atoms with E-state index in [0.717, 1.165) is 12.1 Å². The lowest BCUT2D eigenvalue weighted by Crippen LogP contribution is -2.48. The number of hydrogen-bond donors (Lipinski definition) is 1. The Balaban J connectivity index is 1.67. The molecule has 1 unspecified atom stereocenters. The molecule has 0 aromatic heterocycles. The first-order valence-electron chi connectivity index (χ1n) is 8.65. The van der Waals surface area contributed by atoms with E-state index < -0.39 is 17.3 Å². The predicted octanol–water partition coefficient (Wildman–Crippen LogP) is 3.03. The first-order valence-corrected chi connectivity index (χ1v) is 8.65. The number of hydrazone groups is 1. The van der Waals surface area contributed by atoms with Gasteiger partial charge in [-0.1, -0.05) is 0 Å². The second-order valence-electron chi connectivity index (χ2n) is 7.01. The van der Waals surface area contributed by atoms with Gasteiger partial charge in [0.25, 0.3) is 0 Å². The van der Waals surface area contributed by atoms with Gasteiger partial charge in [0.1, 0.15) is 0 Å². The summed E-state index contributed by atoms with van der Waals surface area (Å²) in [5, 5.41) is 16.8. The molecule has 0 bridgehead atoms. The van der Waals surface area contributed by atoms with Crippen molar-refractivity contribution in [1.29, 1.82) is 0 Å². The largest absolute Gasteiger partial charge is 0.416 e. The lowest BCUT2D eigenvalue weighted by molar-refractivity contribution is -0.137. The van der Waals surface area contributed by atoms with Crippen molar-refractivity contribution in [2.45, 2.75) is 50.4 Å². The molecule has 0 spiro atoms. The molecule has 142 valence electrons. The van der Waals surface area contributed by atoms with E-state index in [1.165, 1.54) is 19.1 Å². The molecule has 1 amide bonds. The SMILES string of the molecule is CC(=O)N1CCC(O)(CC2CC=NN2c2ccc(C(F)(F)F)cc2)CC1. The molecule has 0 radical (unpaired) electrons. The lowest BCUT2D eigenvalue weighted by Gasteiger charge is -2.40. The monoisotopic (exact) mass is 369 g/mol. The number of hydrogen-bond acceptors (Lipinski definition) is 4. The topological polar surface area (TPSA) is 56.1 Å². The molecule has 5 nitrogen and oxygen atoms in total. The molecule has 3 rings (SSSR count). The van der Waals surface area contributed by atoms with Gasteiger partial charge in [0.15, 0.2) is 0 Å². The van der Waals surface area contributed by atoms with E-state index in [9.17, 15) is 23.1 Å². The maximum atomic E-state index is 12.7. The van der Waals surface area contributed by atoms with E-state index in [0.29, 0.717) is 44.5 Å². The Labute approximate surface area is 150 Å². The summed E-state index contributed by atoms with van der Waals surface area (Å²) in [4.78, 5) is 13.1. The van der Waals surface area contributed by atoms with Crippen LogP contribution in [0.25, 0.3) is 0 Å². The Morgan fingerprint density at radius 2 is 1.88 bits per heavy atom. The normalized spacial score (nSPS) is 22.7. The minimum Gasteiger partial charge on any atom is -0.390 e. The molecule has 0 aliphatic carbocycles. The highest BCUT2D eigenvalue weighted by molar-refractivity contribution is 5.73. The Morgan fingerprint density at radius 1 is 1.27 bits per heavy atom. The minimum absolute atomic E-state index is 0.00244. The zero-order chi connectivity index (χ0) is 18.9. The highest BCUT2D eigenvalue weighted by Gasteiger charge is 2.38. The van der Waals surface area contributed by atoms with Crippen molar-refractivity contribution in [3.63, 3.8) is 0 Å². The van der Waals surface area contributed by atoms with Gasteiger partial charge in [0.2, 0.25) is 5.91 Å². The average molecular weight is 369 g/mol. The average Bonchev–Trinajstić information content (AvgIpc) is 3.02. The fourth-order valence-electron chi connectivity index (χ4n) is 3.58. The number of halogens is 3. The van der Waals surface area contributed by atoms with Crippen molar-refractivity contribution >= 4 is 17.8 Å². The molecule has 2 aliphatic heterocycles. The number of amides is 1. The molecule has 1 aromatic rings. The van der Waals surface area contributed by atoms with Gasteiger partial charge in [-0.25, -0.2) is 0 Å². The van der Waals surface area contributed by atoms with Crippen LogP contribution < -0.4 is 5.01 Å². The molecule has 2 aliphatic rings. The quantitative estimate of drug-likeness (QED) is 0.891. The summed E-state index contributed by atoms with van der Waals surface area (Å²) in [6.45, 7) is 2.54. The van der Waals surface area contributed by atoms with Gasteiger partial charge >= 0.3 is 6.18 Å². The van der Waals surface area contributed by atoms with Crippen LogP contribution in [0.5, 0.6) is 0 Å². The smallest absolute Gasteiger partial charge is 0.390 e. The second-order valence-corrected chi connectivity index (χ2v) is 7.01. The van der Waals surface area contributed by atoms with Crippen LogP contribution in [-0.4, -0.2) is 46.9 Å². The molecule has 2 heterocycles. The van der Waals surface area contributed by atoms with Crippen molar-refractivity contribution < 1.29 is 23.1 Å². The summed E-state index contributed by atoms with van der Waals surface area (Å²) in [7, 11) is 0. The van der Waals surface area contributed by atoms with Crippen molar-refractivity contribution in [3.05, 3.63) is 29.8 Å². The second kappa shape index (κ2) is 6.90. The summed E-state index contributed by atoms with van der Waals surface area (Å²) < 4.78 is 38.2. The third-order valence-corrected chi connectivity index (χ3v) is 5.14. The summed E-state index contributed by atoms with van der Waals surface area (Å²) in [6, 6.07) is 4.78. The minimum atomic E-state index is -4.37. The molecule has 1 saturated heterocycles. The van der Waals surface area contributed by atoms with Crippen molar-refractivity contribution in [3.8, 4) is 0 Å². The van der Waals surface area contributed by atoms with E-state index in [1.54, 1.807) is 16.1 Å². The van der Waals surface area contributed by atoms with E-state index in [-0.39, 0.29) is 11.9 Å². The fraction of sp³-hybridized carbons (Fsp3) is 0.556. The van der Waals surface area contributed by atoms with E-state index in [4.69, 9.17) is 0 Å². The van der Waals surface area contributed by atoms with Gasteiger partial charge in [-0.3, -0.25) is 9.80 Å². The van der Waals surface area contributed by atoms with Crippen molar-refractivity contribution in [1.82, 2.24) is 4.90 Å². The number of rotatable bonds is 3.